The van der Waals surface area contributed by atoms with Gasteiger partial charge in [-0.15, -0.1) is 0 Å². The third kappa shape index (κ3) is 1.81. The zero-order chi connectivity index (χ0) is 16.6. The Morgan fingerprint density at radius 3 is 2.57 bits per heavy atom. The minimum absolute atomic E-state index is 0.0397. The van der Waals surface area contributed by atoms with E-state index >= 15 is 0 Å². The lowest BCUT2D eigenvalue weighted by atomic mass is 9.45. The van der Waals surface area contributed by atoms with Gasteiger partial charge in [-0.05, 0) is 68.4 Å². The number of rotatable bonds is 0. The van der Waals surface area contributed by atoms with Crippen molar-refractivity contribution in [1.29, 1.82) is 0 Å². The van der Waals surface area contributed by atoms with Crippen LogP contribution >= 0.6 is 0 Å². The lowest BCUT2D eigenvalue weighted by Crippen LogP contribution is -2.53. The Labute approximate surface area is 139 Å². The van der Waals surface area contributed by atoms with Crippen molar-refractivity contribution in [3.05, 3.63) is 23.3 Å². The number of hydrogen-bond acceptors (Lipinski definition) is 2. The molecule has 0 radical (unpaired) electrons. The minimum atomic E-state index is -0.0743. The first-order valence-corrected chi connectivity index (χ1v) is 9.25. The van der Waals surface area contributed by atoms with Gasteiger partial charge < -0.3 is 0 Å². The molecule has 0 amide bonds. The molecular formula is C21H28O2. The van der Waals surface area contributed by atoms with E-state index in [1.54, 1.807) is 0 Å². The Balaban J connectivity index is 1.80. The summed E-state index contributed by atoms with van der Waals surface area (Å²) in [5.74, 6) is 3.01. The second-order valence-electron chi connectivity index (χ2n) is 8.99. The summed E-state index contributed by atoms with van der Waals surface area (Å²) >= 11 is 0. The van der Waals surface area contributed by atoms with E-state index < -0.39 is 0 Å². The number of allylic oxidation sites excluding steroid dienone is 4. The maximum absolute atomic E-state index is 12.5. The highest BCUT2D eigenvalue weighted by atomic mass is 16.1. The second kappa shape index (κ2) is 4.68. The van der Waals surface area contributed by atoms with Crippen molar-refractivity contribution in [1.82, 2.24) is 0 Å². The fourth-order valence-electron chi connectivity index (χ4n) is 6.70. The molecule has 3 fully saturated rings. The van der Waals surface area contributed by atoms with E-state index in [0.717, 1.165) is 32.1 Å². The molecule has 0 aromatic rings. The molecular weight excluding hydrogens is 284 g/mol. The molecule has 4 aliphatic carbocycles. The SMILES string of the molecule is CC1=CC(=O)C=C2C[C@H](C)[C@@H]3[C@H](CC[C@]4(C)C(=O)CC[C@@H]34)[C@@]12C. The van der Waals surface area contributed by atoms with Crippen LogP contribution in [0.2, 0.25) is 0 Å². The van der Waals surface area contributed by atoms with Gasteiger partial charge in [0.2, 0.25) is 0 Å². The fourth-order valence-corrected chi connectivity index (χ4v) is 6.70. The molecule has 6 atom stereocenters. The normalized spacial score (nSPS) is 49.0. The molecule has 4 rings (SSSR count). The molecule has 23 heavy (non-hydrogen) atoms. The molecule has 4 aliphatic rings. The van der Waals surface area contributed by atoms with Gasteiger partial charge in [-0.1, -0.05) is 31.9 Å². The Bertz CT molecular complexity index is 655. The maximum Gasteiger partial charge on any atom is 0.178 e. The Morgan fingerprint density at radius 1 is 1.09 bits per heavy atom. The van der Waals surface area contributed by atoms with Crippen LogP contribution in [0.25, 0.3) is 0 Å². The van der Waals surface area contributed by atoms with Crippen LogP contribution in [0.1, 0.15) is 59.8 Å². The van der Waals surface area contributed by atoms with Crippen LogP contribution in [0.4, 0.5) is 0 Å². The van der Waals surface area contributed by atoms with Crippen molar-refractivity contribution in [3.63, 3.8) is 0 Å². The van der Waals surface area contributed by atoms with Gasteiger partial charge in [-0.2, -0.15) is 0 Å². The Kier molecular flexibility index (Phi) is 3.12. The van der Waals surface area contributed by atoms with Crippen LogP contribution in [-0.4, -0.2) is 11.6 Å². The summed E-state index contributed by atoms with van der Waals surface area (Å²) in [6, 6.07) is 0. The summed E-state index contributed by atoms with van der Waals surface area (Å²) in [5, 5.41) is 0. The van der Waals surface area contributed by atoms with Crippen LogP contribution in [0, 0.1) is 34.5 Å². The van der Waals surface area contributed by atoms with Gasteiger partial charge in [0.05, 0.1) is 0 Å². The highest BCUT2D eigenvalue weighted by molar-refractivity contribution is 6.02. The number of hydrogen-bond donors (Lipinski definition) is 0. The molecule has 0 saturated heterocycles. The molecule has 2 heteroatoms. The van der Waals surface area contributed by atoms with Crippen molar-refractivity contribution < 1.29 is 9.59 Å². The third-order valence-corrected chi connectivity index (χ3v) is 8.14. The summed E-state index contributed by atoms with van der Waals surface area (Å²) in [7, 11) is 0. The number of carbonyl (C=O) groups excluding carboxylic acids is 2. The van der Waals surface area contributed by atoms with Crippen LogP contribution in [0.5, 0.6) is 0 Å². The molecule has 0 aromatic carbocycles. The number of carbonyl (C=O) groups is 2. The van der Waals surface area contributed by atoms with Crippen molar-refractivity contribution >= 4 is 11.6 Å². The van der Waals surface area contributed by atoms with Gasteiger partial charge in [0, 0.05) is 17.3 Å². The average molecular weight is 312 g/mol. The molecule has 3 saturated carbocycles. The highest BCUT2D eigenvalue weighted by Gasteiger charge is 2.60. The Hall–Kier alpha value is -1.18. The molecule has 0 heterocycles. The van der Waals surface area contributed by atoms with Crippen LogP contribution in [0.3, 0.4) is 0 Å². The predicted octanol–water partition coefficient (Wildman–Crippen LogP) is 4.50. The van der Waals surface area contributed by atoms with Gasteiger partial charge in [0.25, 0.3) is 0 Å². The first-order chi connectivity index (χ1) is 10.8. The largest absolute Gasteiger partial charge is 0.299 e. The lowest BCUT2D eigenvalue weighted by molar-refractivity contribution is -0.133. The molecule has 124 valence electrons. The van der Waals surface area contributed by atoms with Crippen molar-refractivity contribution in [3.8, 4) is 0 Å². The van der Waals surface area contributed by atoms with Gasteiger partial charge in [-0.25, -0.2) is 0 Å². The van der Waals surface area contributed by atoms with E-state index in [-0.39, 0.29) is 16.6 Å². The quantitative estimate of drug-likeness (QED) is 0.660. The van der Waals surface area contributed by atoms with E-state index in [9.17, 15) is 9.59 Å². The summed E-state index contributed by atoms with van der Waals surface area (Å²) in [6.45, 7) is 9.09. The minimum Gasteiger partial charge on any atom is -0.299 e. The van der Waals surface area contributed by atoms with Crippen LogP contribution in [-0.2, 0) is 9.59 Å². The highest BCUT2D eigenvalue weighted by Crippen LogP contribution is 2.66. The zero-order valence-electron chi connectivity index (χ0n) is 14.8. The van der Waals surface area contributed by atoms with Gasteiger partial charge in [0.15, 0.2) is 5.78 Å². The van der Waals surface area contributed by atoms with E-state index in [4.69, 9.17) is 0 Å². The summed E-state index contributed by atoms with van der Waals surface area (Å²) in [5.41, 5.74) is 2.56. The van der Waals surface area contributed by atoms with Gasteiger partial charge >= 0.3 is 0 Å². The van der Waals surface area contributed by atoms with E-state index in [1.807, 2.05) is 12.2 Å². The molecule has 0 bridgehead atoms. The maximum atomic E-state index is 12.5. The van der Waals surface area contributed by atoms with E-state index in [1.165, 1.54) is 11.1 Å². The van der Waals surface area contributed by atoms with Gasteiger partial charge in [0.1, 0.15) is 5.78 Å². The second-order valence-corrected chi connectivity index (χ2v) is 8.99. The first kappa shape index (κ1) is 15.4. The summed E-state index contributed by atoms with van der Waals surface area (Å²) in [4.78, 5) is 24.5. The van der Waals surface area contributed by atoms with Crippen molar-refractivity contribution in [2.45, 2.75) is 59.8 Å². The monoisotopic (exact) mass is 312 g/mol. The number of ketones is 2. The van der Waals surface area contributed by atoms with Crippen molar-refractivity contribution in [2.24, 2.45) is 34.5 Å². The van der Waals surface area contributed by atoms with E-state index in [2.05, 4.69) is 27.7 Å². The van der Waals surface area contributed by atoms with E-state index in [0.29, 0.717) is 29.5 Å². The fraction of sp³-hybridized carbons (Fsp3) is 0.714. The van der Waals surface area contributed by atoms with Crippen LogP contribution in [0.15, 0.2) is 23.3 Å². The molecule has 0 aromatic heterocycles. The smallest absolute Gasteiger partial charge is 0.178 e. The predicted molar refractivity (Wildman–Crippen MR) is 90.8 cm³/mol. The number of fused-ring (bicyclic) bond motifs is 5. The summed E-state index contributed by atoms with van der Waals surface area (Å²) < 4.78 is 0. The molecule has 0 N–H and O–H groups in total. The molecule has 0 unspecified atom stereocenters. The Morgan fingerprint density at radius 2 is 1.83 bits per heavy atom. The van der Waals surface area contributed by atoms with Crippen molar-refractivity contribution in [2.75, 3.05) is 0 Å². The lowest BCUT2D eigenvalue weighted by Gasteiger charge is -2.59. The van der Waals surface area contributed by atoms with Crippen LogP contribution < -0.4 is 0 Å². The standard InChI is InChI=1S/C21H28O2/c1-12-9-14-11-15(22)10-13(2)21(14,4)17-7-8-20(3)16(19(12)17)5-6-18(20)23/h10-12,16-17,19H,5-9H2,1-4H3/t12-,16-,17-,19-,20-,21-/m0/s1. The summed E-state index contributed by atoms with van der Waals surface area (Å²) in [6.07, 6.45) is 8.81. The average Bonchev–Trinajstić information content (AvgIpc) is 2.78. The molecule has 0 spiro atoms. The topological polar surface area (TPSA) is 34.1 Å². The first-order valence-electron chi connectivity index (χ1n) is 9.25. The molecule has 0 aliphatic heterocycles. The number of Topliss-reactive ketones (excluding diaryl/α,β-unsaturated/α-hetero) is 1. The van der Waals surface area contributed by atoms with Gasteiger partial charge in [-0.3, -0.25) is 9.59 Å². The zero-order valence-corrected chi connectivity index (χ0v) is 14.8. The molecule has 2 nitrogen and oxygen atoms in total. The third-order valence-electron chi connectivity index (χ3n) is 8.14.